The molecule has 27 heavy (non-hydrogen) atoms. The number of nitrogens with zero attached hydrogens (tertiary/aromatic N) is 2. The van der Waals surface area contributed by atoms with Gasteiger partial charge in [0.05, 0.1) is 12.8 Å². The quantitative estimate of drug-likeness (QED) is 0.794. The molecule has 1 heterocycles. The van der Waals surface area contributed by atoms with Gasteiger partial charge in [-0.3, -0.25) is 9.00 Å². The highest BCUT2D eigenvalue weighted by Gasteiger charge is 2.29. The molecule has 0 radical (unpaired) electrons. The number of hydrogen-bond donors (Lipinski definition) is 1. The molecule has 8 heteroatoms. The van der Waals surface area contributed by atoms with Crippen LogP contribution in [-0.4, -0.2) is 52.4 Å². The summed E-state index contributed by atoms with van der Waals surface area (Å²) in [5.41, 5.74) is 1.99. The van der Waals surface area contributed by atoms with Gasteiger partial charge in [-0.25, -0.2) is 0 Å². The molecule has 3 rings (SSSR count). The van der Waals surface area contributed by atoms with Gasteiger partial charge in [0.15, 0.2) is 0 Å². The number of hydrogen-bond acceptors (Lipinski definition) is 5. The van der Waals surface area contributed by atoms with Crippen LogP contribution in [0.4, 0.5) is 11.4 Å². The van der Waals surface area contributed by atoms with Crippen molar-refractivity contribution in [2.45, 2.75) is 13.0 Å². The molecule has 1 fully saturated rings. The molecule has 1 N–H and O–H groups in total. The van der Waals surface area contributed by atoms with E-state index < -0.39 is 11.3 Å². The number of methoxy groups -OCH3 is 1. The van der Waals surface area contributed by atoms with Crippen molar-refractivity contribution in [2.24, 2.45) is 0 Å². The lowest BCUT2D eigenvalue weighted by Gasteiger charge is -2.41. The van der Waals surface area contributed by atoms with Crippen LogP contribution in [0.15, 0.2) is 48.5 Å². The van der Waals surface area contributed by atoms with Crippen LogP contribution in [0.3, 0.4) is 0 Å². The lowest BCUT2D eigenvalue weighted by Crippen LogP contribution is -2.54. The Kier molecular flexibility index (Phi) is 5.98. The second-order valence-electron chi connectivity index (χ2n) is 6.38. The molecule has 2 unspecified atom stereocenters. The Morgan fingerprint density at radius 1 is 1.19 bits per heavy atom. The van der Waals surface area contributed by atoms with E-state index in [0.29, 0.717) is 30.9 Å². The maximum Gasteiger partial charge on any atom is 0.254 e. The number of rotatable bonds is 5. The minimum atomic E-state index is -2.38. The van der Waals surface area contributed by atoms with Gasteiger partial charge in [0.1, 0.15) is 5.75 Å². The Labute approximate surface area is 161 Å². The largest absolute Gasteiger partial charge is 0.755 e. The number of piperazine rings is 1. The molecule has 1 saturated heterocycles. The van der Waals surface area contributed by atoms with Crippen LogP contribution in [0, 0.1) is 0 Å². The van der Waals surface area contributed by atoms with E-state index in [1.54, 1.807) is 31.4 Å². The SMILES string of the molecule is COc1ccccc1N1CCN(C(=O)c2ccc(NS(=O)[O-])cc2)C(C)C1. The fourth-order valence-corrected chi connectivity index (χ4v) is 3.64. The first kappa shape index (κ1) is 19.2. The topological polar surface area (TPSA) is 84.9 Å². The summed E-state index contributed by atoms with van der Waals surface area (Å²) in [4.78, 5) is 16.9. The van der Waals surface area contributed by atoms with Gasteiger partial charge in [-0.15, -0.1) is 0 Å². The highest BCUT2D eigenvalue weighted by atomic mass is 32.2. The summed E-state index contributed by atoms with van der Waals surface area (Å²) in [6.07, 6.45) is 0. The second-order valence-corrected chi connectivity index (χ2v) is 7.05. The highest BCUT2D eigenvalue weighted by molar-refractivity contribution is 7.80. The lowest BCUT2D eigenvalue weighted by atomic mass is 10.1. The maximum atomic E-state index is 12.9. The van der Waals surface area contributed by atoms with E-state index in [2.05, 4.69) is 9.62 Å². The van der Waals surface area contributed by atoms with Crippen molar-refractivity contribution < 1.29 is 18.3 Å². The Balaban J connectivity index is 1.69. The zero-order valence-electron chi connectivity index (χ0n) is 15.3. The van der Waals surface area contributed by atoms with Gasteiger partial charge in [-0.1, -0.05) is 12.1 Å². The lowest BCUT2D eigenvalue weighted by molar-refractivity contribution is 0.0674. The number of amides is 1. The van der Waals surface area contributed by atoms with Crippen molar-refractivity contribution >= 4 is 28.5 Å². The molecular weight excluding hydrogens is 366 g/mol. The normalized spacial score (nSPS) is 18.1. The summed E-state index contributed by atoms with van der Waals surface area (Å²) in [5, 5.41) is 0. The molecule has 0 saturated carbocycles. The predicted molar refractivity (Wildman–Crippen MR) is 105 cm³/mol. The third-order valence-electron chi connectivity index (χ3n) is 4.65. The van der Waals surface area contributed by atoms with Crippen molar-refractivity contribution in [3.63, 3.8) is 0 Å². The molecule has 0 aliphatic carbocycles. The van der Waals surface area contributed by atoms with E-state index in [1.165, 1.54) is 0 Å². The van der Waals surface area contributed by atoms with Gasteiger partial charge in [0, 0.05) is 48.2 Å². The van der Waals surface area contributed by atoms with Gasteiger partial charge in [0.2, 0.25) is 0 Å². The zero-order valence-corrected chi connectivity index (χ0v) is 16.1. The number of carbonyl (C=O) groups excluding carboxylic acids is 1. The number of para-hydroxylation sites is 2. The van der Waals surface area contributed by atoms with Crippen LogP contribution in [0.5, 0.6) is 5.75 Å². The summed E-state index contributed by atoms with van der Waals surface area (Å²) in [5.74, 6) is 0.764. The van der Waals surface area contributed by atoms with E-state index in [9.17, 15) is 13.6 Å². The van der Waals surface area contributed by atoms with Crippen molar-refractivity contribution in [3.8, 4) is 5.75 Å². The Morgan fingerprint density at radius 2 is 1.89 bits per heavy atom. The molecule has 144 valence electrons. The standard InChI is InChI=1S/C19H23N3O4S/c1-14-13-21(17-5-3-4-6-18(17)26-2)11-12-22(14)19(23)15-7-9-16(10-8-15)20-27(24)25/h3-10,14,20H,11-13H2,1-2H3,(H,24,25)/p-1. The van der Waals surface area contributed by atoms with E-state index >= 15 is 0 Å². The monoisotopic (exact) mass is 388 g/mol. The number of ether oxygens (including phenoxy) is 1. The highest BCUT2D eigenvalue weighted by Crippen LogP contribution is 2.29. The fraction of sp³-hybridized carbons (Fsp3) is 0.316. The van der Waals surface area contributed by atoms with Crippen LogP contribution in [0.25, 0.3) is 0 Å². The first-order valence-corrected chi connectivity index (χ1v) is 9.72. The van der Waals surface area contributed by atoms with Crippen molar-refractivity contribution in [3.05, 3.63) is 54.1 Å². The summed E-state index contributed by atoms with van der Waals surface area (Å²) in [7, 11) is 1.66. The average Bonchev–Trinajstić information content (AvgIpc) is 2.67. The van der Waals surface area contributed by atoms with Gasteiger partial charge in [0.25, 0.3) is 5.91 Å². The van der Waals surface area contributed by atoms with Gasteiger partial charge < -0.3 is 23.8 Å². The van der Waals surface area contributed by atoms with Crippen molar-refractivity contribution in [2.75, 3.05) is 36.4 Å². The average molecular weight is 388 g/mol. The number of benzene rings is 2. The molecule has 2 aromatic carbocycles. The van der Waals surface area contributed by atoms with Crippen molar-refractivity contribution in [1.29, 1.82) is 0 Å². The van der Waals surface area contributed by atoms with E-state index in [-0.39, 0.29) is 11.9 Å². The third kappa shape index (κ3) is 4.40. The first-order chi connectivity index (χ1) is 13.0. The summed E-state index contributed by atoms with van der Waals surface area (Å²) < 4.78 is 29.1. The molecule has 2 aromatic rings. The molecule has 2 atom stereocenters. The van der Waals surface area contributed by atoms with Crippen LogP contribution < -0.4 is 14.4 Å². The number of anilines is 2. The van der Waals surface area contributed by atoms with Crippen LogP contribution >= 0.6 is 0 Å². The van der Waals surface area contributed by atoms with E-state index in [1.807, 2.05) is 36.1 Å². The summed E-state index contributed by atoms with van der Waals surface area (Å²) in [6, 6.07) is 14.3. The molecule has 1 aliphatic rings. The molecular formula is C19H22N3O4S-. The van der Waals surface area contributed by atoms with Crippen LogP contribution in [-0.2, 0) is 11.3 Å². The predicted octanol–water partition coefficient (Wildman–Crippen LogP) is 2.25. The minimum absolute atomic E-state index is 0.0307. The Hall–Kier alpha value is -2.58. The third-order valence-corrected chi connectivity index (χ3v) is 5.05. The number of carbonyl (C=O) groups is 1. The minimum Gasteiger partial charge on any atom is -0.755 e. The fourth-order valence-electron chi connectivity index (χ4n) is 3.31. The van der Waals surface area contributed by atoms with Gasteiger partial charge >= 0.3 is 0 Å². The molecule has 0 aromatic heterocycles. The zero-order chi connectivity index (χ0) is 19.4. The van der Waals surface area contributed by atoms with Gasteiger partial charge in [-0.05, 0) is 43.3 Å². The van der Waals surface area contributed by atoms with E-state index in [4.69, 9.17) is 4.74 Å². The smallest absolute Gasteiger partial charge is 0.254 e. The first-order valence-electron chi connectivity index (χ1n) is 8.64. The maximum absolute atomic E-state index is 12.9. The molecule has 1 amide bonds. The molecule has 0 spiro atoms. The molecule has 1 aliphatic heterocycles. The summed E-state index contributed by atoms with van der Waals surface area (Å²) >= 11 is -2.38. The summed E-state index contributed by atoms with van der Waals surface area (Å²) in [6.45, 7) is 4.05. The molecule has 0 bridgehead atoms. The second kappa shape index (κ2) is 8.41. The Morgan fingerprint density at radius 3 is 2.52 bits per heavy atom. The van der Waals surface area contributed by atoms with Gasteiger partial charge in [-0.2, -0.15) is 0 Å². The number of nitrogens with one attached hydrogen (secondary N) is 1. The molecule has 7 nitrogen and oxygen atoms in total. The van der Waals surface area contributed by atoms with Crippen LogP contribution in [0.2, 0.25) is 0 Å². The van der Waals surface area contributed by atoms with Crippen LogP contribution in [0.1, 0.15) is 17.3 Å². The van der Waals surface area contributed by atoms with Crippen molar-refractivity contribution in [1.82, 2.24) is 4.90 Å². The Bertz CT molecular complexity index is 828. The van der Waals surface area contributed by atoms with E-state index in [0.717, 1.165) is 11.4 Å².